The summed E-state index contributed by atoms with van der Waals surface area (Å²) in [6, 6.07) is 13.0. The van der Waals surface area contributed by atoms with Crippen LogP contribution >= 0.6 is 0 Å². The van der Waals surface area contributed by atoms with Crippen molar-refractivity contribution >= 4 is 11.8 Å². The van der Waals surface area contributed by atoms with Crippen molar-refractivity contribution in [2.24, 2.45) is 0 Å². The fourth-order valence-corrected chi connectivity index (χ4v) is 3.97. The van der Waals surface area contributed by atoms with E-state index in [4.69, 9.17) is 0 Å². The molecule has 5 nitrogen and oxygen atoms in total. The summed E-state index contributed by atoms with van der Waals surface area (Å²) in [4.78, 5) is 24.3. The van der Waals surface area contributed by atoms with Gasteiger partial charge in [-0.1, -0.05) is 43.7 Å². The molecule has 178 valence electrons. The van der Waals surface area contributed by atoms with E-state index in [0.717, 1.165) is 31.4 Å². The van der Waals surface area contributed by atoms with Crippen molar-refractivity contribution in [1.82, 2.24) is 16.0 Å². The molecule has 3 rings (SSSR count). The Bertz CT molecular complexity index is 945. The molecule has 0 aliphatic carbocycles. The smallest absolute Gasteiger partial charge is 0.350 e. The third kappa shape index (κ3) is 7.60. The first-order valence-electron chi connectivity index (χ1n) is 11.3. The molecular formula is C25H30F3N3O2. The third-order valence-corrected chi connectivity index (χ3v) is 5.77. The van der Waals surface area contributed by atoms with Crippen LogP contribution in [0.5, 0.6) is 0 Å². The summed E-state index contributed by atoms with van der Waals surface area (Å²) in [7, 11) is 0. The summed E-state index contributed by atoms with van der Waals surface area (Å²) in [5.41, 5.74) is 1.55. The van der Waals surface area contributed by atoms with Gasteiger partial charge in [0.2, 0.25) is 5.91 Å². The third-order valence-electron chi connectivity index (χ3n) is 5.77. The fraction of sp³-hybridized carbons (Fsp3) is 0.440. The molecule has 0 radical (unpaired) electrons. The van der Waals surface area contributed by atoms with Gasteiger partial charge in [0.15, 0.2) is 0 Å². The Labute approximate surface area is 192 Å². The first-order valence-corrected chi connectivity index (χ1v) is 11.3. The number of benzene rings is 2. The van der Waals surface area contributed by atoms with Crippen LogP contribution in [0.15, 0.2) is 48.5 Å². The van der Waals surface area contributed by atoms with Crippen molar-refractivity contribution in [3.05, 3.63) is 70.8 Å². The number of unbranched alkanes of at least 4 members (excludes halogenated alkanes) is 1. The maximum absolute atomic E-state index is 12.8. The highest BCUT2D eigenvalue weighted by Gasteiger charge is 2.31. The predicted octanol–water partition coefficient (Wildman–Crippen LogP) is 3.87. The number of nitrogens with one attached hydrogen (secondary N) is 3. The Morgan fingerprint density at radius 2 is 1.82 bits per heavy atom. The number of alkyl halides is 3. The molecule has 2 aromatic carbocycles. The van der Waals surface area contributed by atoms with Crippen LogP contribution < -0.4 is 16.0 Å². The monoisotopic (exact) mass is 461 g/mol. The molecule has 0 bridgehead atoms. The largest absolute Gasteiger partial charge is 0.416 e. The molecule has 1 aliphatic heterocycles. The summed E-state index contributed by atoms with van der Waals surface area (Å²) in [6.07, 6.45) is 0.562. The van der Waals surface area contributed by atoms with Crippen molar-refractivity contribution < 1.29 is 22.8 Å². The lowest BCUT2D eigenvalue weighted by atomic mass is 10.0. The average molecular weight is 462 g/mol. The van der Waals surface area contributed by atoms with Crippen LogP contribution in [0.4, 0.5) is 13.2 Å². The zero-order valence-electron chi connectivity index (χ0n) is 18.7. The van der Waals surface area contributed by atoms with E-state index in [2.05, 4.69) is 47.1 Å². The van der Waals surface area contributed by atoms with Gasteiger partial charge in [-0.3, -0.25) is 9.59 Å². The topological polar surface area (TPSA) is 70.2 Å². The van der Waals surface area contributed by atoms with Gasteiger partial charge in [-0.15, -0.1) is 0 Å². The van der Waals surface area contributed by atoms with Gasteiger partial charge in [0, 0.05) is 24.2 Å². The second kappa shape index (κ2) is 11.3. The molecule has 33 heavy (non-hydrogen) atoms. The number of aryl methyl sites for hydroxylation is 1. The van der Waals surface area contributed by atoms with E-state index >= 15 is 0 Å². The van der Waals surface area contributed by atoms with Crippen molar-refractivity contribution in [3.63, 3.8) is 0 Å². The lowest BCUT2D eigenvalue weighted by molar-refractivity contribution is -0.137. The Hall–Kier alpha value is -2.87. The van der Waals surface area contributed by atoms with Gasteiger partial charge < -0.3 is 16.0 Å². The van der Waals surface area contributed by atoms with Crippen LogP contribution in [0.2, 0.25) is 0 Å². The van der Waals surface area contributed by atoms with Gasteiger partial charge in [0.05, 0.1) is 12.1 Å². The number of amides is 2. The van der Waals surface area contributed by atoms with Gasteiger partial charge in [0.1, 0.15) is 0 Å². The number of hydrogen-bond donors (Lipinski definition) is 3. The molecule has 8 heteroatoms. The molecule has 0 saturated carbocycles. The highest BCUT2D eigenvalue weighted by atomic mass is 19.4. The van der Waals surface area contributed by atoms with E-state index in [1.165, 1.54) is 36.1 Å². The van der Waals surface area contributed by atoms with Gasteiger partial charge in [-0.25, -0.2) is 0 Å². The van der Waals surface area contributed by atoms with E-state index in [1.807, 2.05) is 0 Å². The summed E-state index contributed by atoms with van der Waals surface area (Å²) < 4.78 is 38.4. The second-order valence-corrected chi connectivity index (χ2v) is 8.49. The molecule has 1 aliphatic rings. The minimum atomic E-state index is -4.53. The van der Waals surface area contributed by atoms with Crippen LogP contribution in [0, 0.1) is 0 Å². The first-order chi connectivity index (χ1) is 15.7. The van der Waals surface area contributed by atoms with E-state index in [1.54, 1.807) is 0 Å². The van der Waals surface area contributed by atoms with Crippen LogP contribution in [0.1, 0.15) is 53.2 Å². The van der Waals surface area contributed by atoms with Gasteiger partial charge in [-0.2, -0.15) is 13.2 Å². The summed E-state index contributed by atoms with van der Waals surface area (Å²) >= 11 is 0. The molecule has 3 N–H and O–H groups in total. The quantitative estimate of drug-likeness (QED) is 0.531. The maximum Gasteiger partial charge on any atom is 0.416 e. The molecule has 2 aromatic rings. The normalized spacial score (nSPS) is 18.2. The van der Waals surface area contributed by atoms with Gasteiger partial charge >= 0.3 is 6.18 Å². The standard InChI is InChI=1S/C25H30F3N3O2/c1-2-3-5-17-8-10-18(11-9-17)12-21-14-22(15-29-21)31-23(32)16-30-24(33)19-6-4-7-20(13-19)25(26,27)28/h4,6-11,13,21-22,29H,2-3,5,12,14-16H2,1H3,(H,30,33)(H,31,32). The Balaban J connectivity index is 1.41. The molecule has 2 unspecified atom stereocenters. The molecule has 2 amide bonds. The minimum Gasteiger partial charge on any atom is -0.350 e. The first kappa shape index (κ1) is 24.8. The molecule has 0 spiro atoms. The Morgan fingerprint density at radius 3 is 2.52 bits per heavy atom. The van der Waals surface area contributed by atoms with Crippen LogP contribution in [0.25, 0.3) is 0 Å². The predicted molar refractivity (Wildman–Crippen MR) is 121 cm³/mol. The molecular weight excluding hydrogens is 431 g/mol. The fourth-order valence-electron chi connectivity index (χ4n) is 3.97. The van der Waals surface area contributed by atoms with Crippen LogP contribution in [-0.4, -0.2) is 37.0 Å². The summed E-state index contributed by atoms with van der Waals surface area (Å²) in [6.45, 7) is 2.52. The number of hydrogen-bond acceptors (Lipinski definition) is 3. The maximum atomic E-state index is 12.8. The van der Waals surface area contributed by atoms with Gasteiger partial charge in [0.25, 0.3) is 5.91 Å². The van der Waals surface area contributed by atoms with E-state index in [0.29, 0.717) is 6.54 Å². The molecule has 1 fully saturated rings. The number of rotatable bonds is 9. The highest BCUT2D eigenvalue weighted by Crippen LogP contribution is 2.29. The van der Waals surface area contributed by atoms with Crippen molar-refractivity contribution in [3.8, 4) is 0 Å². The average Bonchev–Trinajstić information content (AvgIpc) is 3.23. The number of carbonyl (C=O) groups is 2. The van der Waals surface area contributed by atoms with Crippen LogP contribution in [0.3, 0.4) is 0 Å². The summed E-state index contributed by atoms with van der Waals surface area (Å²) in [5.74, 6) is -1.09. The van der Waals surface area contributed by atoms with E-state index in [-0.39, 0.29) is 30.1 Å². The summed E-state index contributed by atoms with van der Waals surface area (Å²) in [5, 5.41) is 8.67. The zero-order chi connectivity index (χ0) is 23.8. The minimum absolute atomic E-state index is 0.0585. The van der Waals surface area contributed by atoms with E-state index in [9.17, 15) is 22.8 Å². The molecule has 2 atom stereocenters. The van der Waals surface area contributed by atoms with Crippen molar-refractivity contribution in [1.29, 1.82) is 0 Å². The second-order valence-electron chi connectivity index (χ2n) is 8.49. The highest BCUT2D eigenvalue weighted by molar-refractivity contribution is 5.96. The number of halogens is 3. The molecule has 1 saturated heterocycles. The van der Waals surface area contributed by atoms with Gasteiger partial charge in [-0.05, 0) is 55.0 Å². The lowest BCUT2D eigenvalue weighted by Crippen LogP contribution is -2.42. The zero-order valence-corrected chi connectivity index (χ0v) is 18.7. The number of carbonyl (C=O) groups excluding carboxylic acids is 2. The Morgan fingerprint density at radius 1 is 1.09 bits per heavy atom. The van der Waals surface area contributed by atoms with E-state index < -0.39 is 17.6 Å². The lowest BCUT2D eigenvalue weighted by Gasteiger charge is -2.14. The van der Waals surface area contributed by atoms with Crippen molar-refractivity contribution in [2.45, 2.75) is 57.3 Å². The Kier molecular flexibility index (Phi) is 8.49. The SMILES string of the molecule is CCCCc1ccc(CC2CC(NC(=O)CNC(=O)c3cccc(C(F)(F)F)c3)CN2)cc1. The van der Waals surface area contributed by atoms with Crippen LogP contribution in [-0.2, 0) is 23.8 Å². The molecule has 1 heterocycles. The van der Waals surface area contributed by atoms with Crippen molar-refractivity contribution in [2.75, 3.05) is 13.1 Å². The molecule has 0 aromatic heterocycles.